The van der Waals surface area contributed by atoms with Crippen molar-refractivity contribution in [2.24, 2.45) is 13.0 Å². The van der Waals surface area contributed by atoms with E-state index in [9.17, 15) is 9.59 Å². The monoisotopic (exact) mass is 440 g/mol. The van der Waals surface area contributed by atoms with Crippen molar-refractivity contribution in [3.05, 3.63) is 36.0 Å². The van der Waals surface area contributed by atoms with Crippen molar-refractivity contribution in [2.45, 2.75) is 57.2 Å². The lowest BCUT2D eigenvalue weighted by Crippen LogP contribution is -2.53. The zero-order chi connectivity index (χ0) is 22.9. The molecule has 2 aromatic rings. The van der Waals surface area contributed by atoms with Crippen LogP contribution in [0.2, 0.25) is 0 Å². The van der Waals surface area contributed by atoms with Gasteiger partial charge < -0.3 is 19.9 Å². The van der Waals surface area contributed by atoms with Crippen LogP contribution in [0.25, 0.3) is 10.9 Å². The highest BCUT2D eigenvalue weighted by atomic mass is 16.5. The fraction of sp³-hybridized carbons (Fsp3) is 0.600. The maximum atomic E-state index is 12.9. The van der Waals surface area contributed by atoms with E-state index < -0.39 is 0 Å². The normalized spacial score (nSPS) is 23.4. The maximum absolute atomic E-state index is 12.9. The van der Waals surface area contributed by atoms with Crippen LogP contribution >= 0.6 is 0 Å². The summed E-state index contributed by atoms with van der Waals surface area (Å²) in [4.78, 5) is 27.9. The van der Waals surface area contributed by atoms with Crippen molar-refractivity contribution in [3.8, 4) is 0 Å². The Hall–Kier alpha value is -2.38. The van der Waals surface area contributed by atoms with Crippen LogP contribution in [0.4, 0.5) is 0 Å². The summed E-state index contributed by atoms with van der Waals surface area (Å²) in [6.07, 6.45) is 6.23. The quantitative estimate of drug-likeness (QED) is 0.662. The van der Waals surface area contributed by atoms with Crippen LogP contribution in [0.5, 0.6) is 0 Å². The summed E-state index contributed by atoms with van der Waals surface area (Å²) in [5.74, 6) is 0.513. The highest BCUT2D eigenvalue weighted by Gasteiger charge is 2.41. The summed E-state index contributed by atoms with van der Waals surface area (Å²) in [7, 11) is 3.62. The van der Waals surface area contributed by atoms with Gasteiger partial charge in [-0.1, -0.05) is 18.2 Å². The first-order chi connectivity index (χ1) is 15.3. The molecular formula is C25H36N4O3. The number of piperidine rings is 1. The number of rotatable bonds is 8. The molecule has 2 saturated heterocycles. The third kappa shape index (κ3) is 4.84. The van der Waals surface area contributed by atoms with E-state index in [2.05, 4.69) is 15.5 Å². The zero-order valence-electron chi connectivity index (χ0n) is 19.7. The third-order valence-electron chi connectivity index (χ3n) is 6.98. The van der Waals surface area contributed by atoms with E-state index in [1.807, 2.05) is 55.9 Å². The average Bonchev–Trinajstić information content (AvgIpc) is 3.18. The van der Waals surface area contributed by atoms with Gasteiger partial charge in [0, 0.05) is 49.9 Å². The number of para-hydroxylation sites is 1. The van der Waals surface area contributed by atoms with Gasteiger partial charge in [-0.05, 0) is 51.5 Å². The molecule has 2 N–H and O–H groups in total. The number of aromatic nitrogens is 1. The Bertz CT molecular complexity index is 969. The predicted molar refractivity (Wildman–Crippen MR) is 126 cm³/mol. The summed E-state index contributed by atoms with van der Waals surface area (Å²) in [6.45, 7) is 5.58. The molecule has 0 aliphatic carbocycles. The summed E-state index contributed by atoms with van der Waals surface area (Å²) >= 11 is 0. The Balaban J connectivity index is 1.31. The van der Waals surface area contributed by atoms with Gasteiger partial charge in [0.05, 0.1) is 24.3 Å². The van der Waals surface area contributed by atoms with Gasteiger partial charge in [0.2, 0.25) is 5.91 Å². The van der Waals surface area contributed by atoms with Crippen LogP contribution in [0.1, 0.15) is 49.9 Å². The first-order valence-electron chi connectivity index (χ1n) is 11.7. The van der Waals surface area contributed by atoms with Crippen molar-refractivity contribution in [2.75, 3.05) is 26.8 Å². The fourth-order valence-electron chi connectivity index (χ4n) is 5.65. The second kappa shape index (κ2) is 9.24. The van der Waals surface area contributed by atoms with Gasteiger partial charge in [-0.3, -0.25) is 14.5 Å². The number of benzene rings is 1. The van der Waals surface area contributed by atoms with E-state index in [0.29, 0.717) is 37.7 Å². The molecule has 174 valence electrons. The van der Waals surface area contributed by atoms with E-state index in [4.69, 9.17) is 4.74 Å². The molecule has 2 bridgehead atoms. The van der Waals surface area contributed by atoms with Crippen LogP contribution in [0, 0.1) is 5.92 Å². The topological polar surface area (TPSA) is 75.6 Å². The largest absolute Gasteiger partial charge is 0.382 e. The average molecular weight is 441 g/mol. The van der Waals surface area contributed by atoms with E-state index in [-0.39, 0.29) is 17.4 Å². The van der Waals surface area contributed by atoms with Gasteiger partial charge in [0.1, 0.15) is 0 Å². The summed E-state index contributed by atoms with van der Waals surface area (Å²) < 4.78 is 7.21. The number of carbonyl (C=O) groups is 2. The highest BCUT2D eigenvalue weighted by molar-refractivity contribution is 6.06. The molecule has 0 saturated carbocycles. The number of nitrogens with zero attached hydrogens (tertiary/aromatic N) is 2. The number of aryl methyl sites for hydroxylation is 1. The molecule has 2 unspecified atom stereocenters. The Morgan fingerprint density at radius 2 is 1.84 bits per heavy atom. The molecule has 7 nitrogen and oxygen atoms in total. The molecule has 7 heteroatoms. The van der Waals surface area contributed by atoms with Gasteiger partial charge >= 0.3 is 0 Å². The number of hydrogen-bond donors (Lipinski definition) is 2. The molecule has 2 atom stereocenters. The molecule has 0 radical (unpaired) electrons. The van der Waals surface area contributed by atoms with E-state index in [0.717, 1.165) is 42.1 Å². The van der Waals surface area contributed by atoms with Gasteiger partial charge in [-0.2, -0.15) is 0 Å². The minimum absolute atomic E-state index is 0.00340. The number of carbonyl (C=O) groups excluding carboxylic acids is 2. The lowest BCUT2D eigenvalue weighted by atomic mass is 9.90. The van der Waals surface area contributed by atoms with Gasteiger partial charge in [0.25, 0.3) is 5.91 Å². The molecule has 2 aliphatic heterocycles. The van der Waals surface area contributed by atoms with Crippen LogP contribution in [-0.2, 0) is 16.6 Å². The van der Waals surface area contributed by atoms with Crippen LogP contribution < -0.4 is 10.6 Å². The number of amides is 2. The first kappa shape index (κ1) is 22.8. The molecule has 1 aromatic carbocycles. The number of fused-ring (bicyclic) bond motifs is 3. The van der Waals surface area contributed by atoms with E-state index >= 15 is 0 Å². The number of hydrogen-bond acceptors (Lipinski definition) is 4. The molecule has 0 spiro atoms. The Labute approximate surface area is 190 Å². The van der Waals surface area contributed by atoms with Crippen LogP contribution in [0.3, 0.4) is 0 Å². The molecule has 1 aromatic heterocycles. The summed E-state index contributed by atoms with van der Waals surface area (Å²) in [5.41, 5.74) is 1.43. The standard InChI is InChI=1S/C25H36N4O3/c1-25(2,16-32-4)27-23(30)15-29-18-9-10-19(29)12-17(11-18)13-26-24(31)21-14-28(3)22-8-6-5-7-20(21)22/h5-8,14,17-19H,9-13,15-16H2,1-4H3,(H,26,31)(H,27,30). The Morgan fingerprint density at radius 1 is 1.16 bits per heavy atom. The summed E-state index contributed by atoms with van der Waals surface area (Å²) in [5, 5.41) is 7.27. The van der Waals surface area contributed by atoms with Crippen molar-refractivity contribution in [1.29, 1.82) is 0 Å². The SMILES string of the molecule is COCC(C)(C)NC(=O)CN1C2CCC1CC(CNC(=O)c1cn(C)c3ccccc13)C2. The molecule has 3 heterocycles. The van der Waals surface area contributed by atoms with Gasteiger partial charge in [0.15, 0.2) is 0 Å². The molecular weight excluding hydrogens is 404 g/mol. The second-order valence-corrected chi connectivity index (χ2v) is 10.1. The van der Waals surface area contributed by atoms with Crippen molar-refractivity contribution < 1.29 is 14.3 Å². The molecule has 4 rings (SSSR count). The molecule has 32 heavy (non-hydrogen) atoms. The van der Waals surface area contributed by atoms with Crippen LogP contribution in [-0.4, -0.2) is 65.7 Å². The number of methoxy groups -OCH3 is 1. The summed E-state index contributed by atoms with van der Waals surface area (Å²) in [6, 6.07) is 8.84. The smallest absolute Gasteiger partial charge is 0.253 e. The molecule has 2 fully saturated rings. The third-order valence-corrected chi connectivity index (χ3v) is 6.98. The van der Waals surface area contributed by atoms with Crippen molar-refractivity contribution >= 4 is 22.7 Å². The molecule has 2 aliphatic rings. The van der Waals surface area contributed by atoms with Gasteiger partial charge in [-0.15, -0.1) is 0 Å². The van der Waals surface area contributed by atoms with E-state index in [1.165, 1.54) is 0 Å². The maximum Gasteiger partial charge on any atom is 0.253 e. The first-order valence-corrected chi connectivity index (χ1v) is 11.7. The minimum Gasteiger partial charge on any atom is -0.382 e. The minimum atomic E-state index is -0.366. The fourth-order valence-corrected chi connectivity index (χ4v) is 5.65. The highest BCUT2D eigenvalue weighted by Crippen LogP contribution is 2.38. The van der Waals surface area contributed by atoms with Crippen molar-refractivity contribution in [3.63, 3.8) is 0 Å². The Kier molecular flexibility index (Phi) is 6.58. The Morgan fingerprint density at radius 3 is 2.53 bits per heavy atom. The molecule has 2 amide bonds. The zero-order valence-corrected chi connectivity index (χ0v) is 19.7. The van der Waals surface area contributed by atoms with Gasteiger partial charge in [-0.25, -0.2) is 0 Å². The number of ether oxygens (including phenoxy) is 1. The van der Waals surface area contributed by atoms with Crippen molar-refractivity contribution in [1.82, 2.24) is 20.1 Å². The number of nitrogens with one attached hydrogen (secondary N) is 2. The van der Waals surface area contributed by atoms with E-state index in [1.54, 1.807) is 7.11 Å². The lowest BCUT2D eigenvalue weighted by Gasteiger charge is -2.39. The predicted octanol–water partition coefficient (Wildman–Crippen LogP) is 2.69. The lowest BCUT2D eigenvalue weighted by molar-refractivity contribution is -0.125. The van der Waals surface area contributed by atoms with Crippen LogP contribution in [0.15, 0.2) is 30.5 Å². The second-order valence-electron chi connectivity index (χ2n) is 10.1.